The van der Waals surface area contributed by atoms with Crippen molar-refractivity contribution in [2.24, 2.45) is 0 Å². The predicted octanol–water partition coefficient (Wildman–Crippen LogP) is 2.95. The van der Waals surface area contributed by atoms with Crippen LogP contribution in [0.25, 0.3) is 11.4 Å². The minimum atomic E-state index is -0.662. The lowest BCUT2D eigenvalue weighted by Crippen LogP contribution is -2.30. The normalized spacial score (nSPS) is 12.6. The number of likely N-dealkylation sites (N-methyl/N-ethyl adjacent to an activating group) is 1. The summed E-state index contributed by atoms with van der Waals surface area (Å²) in [5.74, 6) is -0.668. The average Bonchev–Trinajstić information content (AvgIpc) is 2.85. The molecule has 108 valence electrons. The van der Waals surface area contributed by atoms with E-state index >= 15 is 0 Å². The van der Waals surface area contributed by atoms with Crippen LogP contribution < -0.4 is 5.32 Å². The summed E-state index contributed by atoms with van der Waals surface area (Å²) in [6.07, 6.45) is 1.52. The Morgan fingerprint density at radius 1 is 1.20 bits per heavy atom. The van der Waals surface area contributed by atoms with Crippen LogP contribution in [0.1, 0.15) is 26.2 Å². The van der Waals surface area contributed by atoms with Crippen molar-refractivity contribution in [3.8, 4) is 11.4 Å². The Kier molecular flexibility index (Phi) is 4.79. The van der Waals surface area contributed by atoms with Gasteiger partial charge in [-0.25, -0.2) is 8.78 Å². The number of halogens is 2. The molecule has 0 aliphatic heterocycles. The lowest BCUT2D eigenvalue weighted by Gasteiger charge is -2.12. The van der Waals surface area contributed by atoms with Gasteiger partial charge in [-0.1, -0.05) is 19.0 Å². The van der Waals surface area contributed by atoms with Crippen LogP contribution in [0.3, 0.4) is 0 Å². The third-order valence-electron chi connectivity index (χ3n) is 3.00. The summed E-state index contributed by atoms with van der Waals surface area (Å²) in [6, 6.07) is 3.42. The maximum absolute atomic E-state index is 13.1. The highest BCUT2D eigenvalue weighted by molar-refractivity contribution is 5.54. The number of rotatable bonds is 6. The third-order valence-corrected chi connectivity index (χ3v) is 3.00. The van der Waals surface area contributed by atoms with Gasteiger partial charge in [0.2, 0.25) is 11.7 Å². The number of nitrogens with zero attached hydrogens (tertiary/aromatic N) is 2. The molecule has 2 aromatic rings. The molecule has 6 heteroatoms. The molecule has 0 saturated carbocycles. The molecule has 0 aliphatic carbocycles. The molecular weight excluding hydrogens is 264 g/mol. The van der Waals surface area contributed by atoms with Gasteiger partial charge >= 0.3 is 0 Å². The molecule has 0 fully saturated rings. The van der Waals surface area contributed by atoms with Crippen LogP contribution in [0, 0.1) is 11.6 Å². The van der Waals surface area contributed by atoms with Gasteiger partial charge in [-0.05, 0) is 25.1 Å². The molecule has 4 nitrogen and oxygen atoms in total. The number of hydrogen-bond acceptors (Lipinski definition) is 4. The summed E-state index contributed by atoms with van der Waals surface area (Å²) in [5, 5.41) is 7.07. The average molecular weight is 281 g/mol. The molecule has 0 aliphatic rings. The van der Waals surface area contributed by atoms with Crippen molar-refractivity contribution in [3.63, 3.8) is 0 Å². The first-order valence-corrected chi connectivity index (χ1v) is 6.64. The van der Waals surface area contributed by atoms with Gasteiger partial charge in [0.1, 0.15) is 11.6 Å². The van der Waals surface area contributed by atoms with Gasteiger partial charge in [0.05, 0.1) is 0 Å². The minimum absolute atomic E-state index is 0.199. The molecule has 1 aromatic carbocycles. The number of aromatic nitrogens is 2. The van der Waals surface area contributed by atoms with Crippen LogP contribution in [0.4, 0.5) is 8.78 Å². The first-order valence-electron chi connectivity index (χ1n) is 6.64. The van der Waals surface area contributed by atoms with E-state index < -0.39 is 11.6 Å². The topological polar surface area (TPSA) is 51.0 Å². The van der Waals surface area contributed by atoms with Crippen LogP contribution >= 0.6 is 0 Å². The van der Waals surface area contributed by atoms with Gasteiger partial charge in [-0.15, -0.1) is 0 Å². The second kappa shape index (κ2) is 6.56. The molecule has 1 atom stereocenters. The van der Waals surface area contributed by atoms with Gasteiger partial charge in [0.25, 0.3) is 0 Å². The Morgan fingerprint density at radius 2 is 1.90 bits per heavy atom. The van der Waals surface area contributed by atoms with Crippen molar-refractivity contribution in [2.75, 3.05) is 6.54 Å². The first-order chi connectivity index (χ1) is 9.62. The molecule has 1 unspecified atom stereocenters. The molecule has 1 heterocycles. The fraction of sp³-hybridized carbons (Fsp3) is 0.429. The van der Waals surface area contributed by atoms with Crippen LogP contribution in [-0.4, -0.2) is 22.7 Å². The maximum atomic E-state index is 13.1. The summed E-state index contributed by atoms with van der Waals surface area (Å²) in [6.45, 7) is 4.94. The van der Waals surface area contributed by atoms with Gasteiger partial charge in [0, 0.05) is 24.1 Å². The van der Waals surface area contributed by atoms with Crippen LogP contribution in [-0.2, 0) is 6.42 Å². The van der Waals surface area contributed by atoms with Crippen molar-refractivity contribution in [2.45, 2.75) is 32.7 Å². The van der Waals surface area contributed by atoms with Crippen molar-refractivity contribution in [1.82, 2.24) is 15.5 Å². The molecule has 0 spiro atoms. The lowest BCUT2D eigenvalue weighted by atomic mass is 10.1. The largest absolute Gasteiger partial charge is 0.339 e. The minimum Gasteiger partial charge on any atom is -0.339 e. The van der Waals surface area contributed by atoms with Crippen molar-refractivity contribution in [1.29, 1.82) is 0 Å². The maximum Gasteiger partial charge on any atom is 0.228 e. The second-order valence-electron chi connectivity index (χ2n) is 4.54. The van der Waals surface area contributed by atoms with E-state index in [1.165, 1.54) is 12.1 Å². The highest BCUT2D eigenvalue weighted by Gasteiger charge is 2.14. The number of benzene rings is 1. The molecule has 0 amide bonds. The quantitative estimate of drug-likeness (QED) is 0.884. The van der Waals surface area contributed by atoms with Gasteiger partial charge in [-0.2, -0.15) is 4.98 Å². The monoisotopic (exact) mass is 281 g/mol. The van der Waals surface area contributed by atoms with Gasteiger partial charge < -0.3 is 9.84 Å². The summed E-state index contributed by atoms with van der Waals surface area (Å²) >= 11 is 0. The summed E-state index contributed by atoms with van der Waals surface area (Å²) in [7, 11) is 0. The standard InChI is InChI=1S/C14H17F2N3O/c1-3-12(17-4-2)8-13-18-14(19-20-13)9-5-10(15)7-11(16)6-9/h5-7,12,17H,3-4,8H2,1-2H3. The van der Waals surface area contributed by atoms with Gasteiger partial charge in [-0.3, -0.25) is 0 Å². The highest BCUT2D eigenvalue weighted by atomic mass is 19.1. The molecule has 2 rings (SSSR count). The summed E-state index contributed by atoms with van der Waals surface area (Å²) in [4.78, 5) is 4.18. The third kappa shape index (κ3) is 3.60. The van der Waals surface area contributed by atoms with Crippen LogP contribution in [0.5, 0.6) is 0 Å². The van der Waals surface area contributed by atoms with Crippen molar-refractivity contribution < 1.29 is 13.3 Å². The zero-order valence-electron chi connectivity index (χ0n) is 11.5. The van der Waals surface area contributed by atoms with E-state index in [1.54, 1.807) is 0 Å². The van der Waals surface area contributed by atoms with Gasteiger partial charge in [0.15, 0.2) is 0 Å². The van der Waals surface area contributed by atoms with Crippen LogP contribution in [0.15, 0.2) is 22.7 Å². The SMILES string of the molecule is CCNC(CC)Cc1nc(-c2cc(F)cc(F)c2)no1. The Morgan fingerprint density at radius 3 is 2.50 bits per heavy atom. The lowest BCUT2D eigenvalue weighted by molar-refractivity contribution is 0.355. The Balaban J connectivity index is 2.15. The van der Waals surface area contributed by atoms with Crippen LogP contribution in [0.2, 0.25) is 0 Å². The molecule has 20 heavy (non-hydrogen) atoms. The van der Waals surface area contributed by atoms with E-state index in [1.807, 2.05) is 6.92 Å². The van der Waals surface area contributed by atoms with E-state index in [0.29, 0.717) is 12.3 Å². The molecule has 0 radical (unpaired) electrons. The Hall–Kier alpha value is -1.82. The fourth-order valence-corrected chi connectivity index (χ4v) is 2.00. The summed E-state index contributed by atoms with van der Waals surface area (Å²) < 4.78 is 31.4. The van der Waals surface area contributed by atoms with E-state index in [9.17, 15) is 8.78 Å². The Labute approximate surface area is 116 Å². The highest BCUT2D eigenvalue weighted by Crippen LogP contribution is 2.19. The first kappa shape index (κ1) is 14.6. The molecule has 1 aromatic heterocycles. The van der Waals surface area contributed by atoms with E-state index in [4.69, 9.17) is 4.52 Å². The zero-order chi connectivity index (χ0) is 14.5. The second-order valence-corrected chi connectivity index (χ2v) is 4.54. The molecule has 1 N–H and O–H groups in total. The number of nitrogens with one attached hydrogen (secondary N) is 1. The van der Waals surface area contributed by atoms with Crippen molar-refractivity contribution in [3.05, 3.63) is 35.7 Å². The smallest absolute Gasteiger partial charge is 0.228 e. The zero-order valence-corrected chi connectivity index (χ0v) is 11.5. The summed E-state index contributed by atoms with van der Waals surface area (Å²) in [5.41, 5.74) is 0.272. The molecule has 0 bridgehead atoms. The van der Waals surface area contributed by atoms with Crippen molar-refractivity contribution >= 4 is 0 Å². The predicted molar refractivity (Wildman–Crippen MR) is 71.1 cm³/mol. The van der Waals surface area contributed by atoms with E-state index in [0.717, 1.165) is 19.0 Å². The fourth-order valence-electron chi connectivity index (χ4n) is 2.00. The van der Waals surface area contributed by atoms with E-state index in [2.05, 4.69) is 22.4 Å². The molecule has 0 saturated heterocycles. The Bertz CT molecular complexity index is 551. The molecular formula is C14H17F2N3O. The van der Waals surface area contributed by atoms with E-state index in [-0.39, 0.29) is 17.4 Å². The number of hydrogen-bond donors (Lipinski definition) is 1.